The molecule has 13 heteroatoms. The fraction of sp³-hybridized carbons (Fsp3) is 0.844. The number of esters is 2. The molecule has 0 radical (unpaired) electrons. The molecule has 13 nitrogen and oxygen atoms in total. The number of methoxy groups -OCH3 is 2. The number of rotatable bonds is 6. The van der Waals surface area contributed by atoms with Gasteiger partial charge in [-0.15, -0.1) is 0 Å². The molecule has 0 unspecified atom stereocenters. The van der Waals surface area contributed by atoms with Crippen LogP contribution in [0.5, 0.6) is 0 Å². The lowest BCUT2D eigenvalue weighted by Crippen LogP contribution is -2.50. The number of carbonyl (C=O) groups is 5. The lowest BCUT2D eigenvalue weighted by Gasteiger charge is -2.37. The van der Waals surface area contributed by atoms with Crippen molar-refractivity contribution in [1.82, 2.24) is 10.6 Å². The Hall–Kier alpha value is -2.93. The average molecular weight is 647 g/mol. The third-order valence-electron chi connectivity index (χ3n) is 7.39. The highest BCUT2D eigenvalue weighted by atomic mass is 16.7. The quantitative estimate of drug-likeness (QED) is 0.292. The van der Waals surface area contributed by atoms with Crippen LogP contribution in [0.4, 0.5) is 9.59 Å². The SMILES string of the molecule is C.C.COC(=O)[C@@H](NC(=O)OC(C)(C)C)C1CCC(=O)CC1.COC(=O)[C@@H](NC(=O)OC(C)(C)C)C1CCC2(CC1)OCCO2. The van der Waals surface area contributed by atoms with Gasteiger partial charge in [-0.1, -0.05) is 14.9 Å². The van der Waals surface area contributed by atoms with Crippen LogP contribution in [-0.4, -0.2) is 86.4 Å². The van der Waals surface area contributed by atoms with Crippen molar-refractivity contribution in [2.75, 3.05) is 27.4 Å². The van der Waals surface area contributed by atoms with Crippen LogP contribution in [0.3, 0.4) is 0 Å². The lowest BCUT2D eigenvalue weighted by atomic mass is 9.80. The van der Waals surface area contributed by atoms with Gasteiger partial charge in [-0.2, -0.15) is 0 Å². The monoisotopic (exact) mass is 646 g/mol. The van der Waals surface area contributed by atoms with E-state index in [1.807, 2.05) is 0 Å². The highest BCUT2D eigenvalue weighted by molar-refractivity contribution is 5.83. The molecule has 3 rings (SSSR count). The summed E-state index contributed by atoms with van der Waals surface area (Å²) >= 11 is 0. The summed E-state index contributed by atoms with van der Waals surface area (Å²) in [5.74, 6) is -1.37. The number of ketones is 1. The number of nitrogens with one attached hydrogen (secondary N) is 2. The second kappa shape index (κ2) is 18.3. The van der Waals surface area contributed by atoms with Crippen LogP contribution in [-0.2, 0) is 42.8 Å². The van der Waals surface area contributed by atoms with Gasteiger partial charge < -0.3 is 39.1 Å². The number of carbonyl (C=O) groups excluding carboxylic acids is 5. The van der Waals surface area contributed by atoms with E-state index >= 15 is 0 Å². The first-order chi connectivity index (χ1) is 20.0. The molecule has 2 N–H and O–H groups in total. The van der Waals surface area contributed by atoms with Crippen LogP contribution in [0.1, 0.15) is 108 Å². The number of ether oxygens (including phenoxy) is 6. The third kappa shape index (κ3) is 14.4. The molecule has 0 aromatic carbocycles. The zero-order valence-corrected chi connectivity index (χ0v) is 26.9. The topological polar surface area (TPSA) is 165 Å². The maximum Gasteiger partial charge on any atom is 0.408 e. The van der Waals surface area contributed by atoms with Crippen LogP contribution < -0.4 is 10.6 Å². The molecule has 0 bridgehead atoms. The Labute approximate surface area is 269 Å². The fourth-order valence-electron chi connectivity index (χ4n) is 5.36. The van der Waals surface area contributed by atoms with Crippen LogP contribution >= 0.6 is 0 Å². The first-order valence-corrected chi connectivity index (χ1v) is 14.9. The number of hydrogen-bond donors (Lipinski definition) is 2. The molecule has 2 amide bonds. The van der Waals surface area contributed by atoms with Crippen molar-refractivity contribution in [2.45, 2.75) is 137 Å². The van der Waals surface area contributed by atoms with Gasteiger partial charge in [-0.25, -0.2) is 19.2 Å². The Morgan fingerprint density at radius 1 is 0.711 bits per heavy atom. The minimum atomic E-state index is -0.761. The molecular formula is C32H58N2O11. The van der Waals surface area contributed by atoms with Gasteiger partial charge in [0.15, 0.2) is 5.79 Å². The van der Waals surface area contributed by atoms with Crippen molar-refractivity contribution in [3.63, 3.8) is 0 Å². The molecule has 45 heavy (non-hydrogen) atoms. The summed E-state index contributed by atoms with van der Waals surface area (Å²) in [6.45, 7) is 11.8. The van der Waals surface area contributed by atoms with E-state index in [1.54, 1.807) is 41.5 Å². The highest BCUT2D eigenvalue weighted by Crippen LogP contribution is 2.39. The number of hydrogen-bond acceptors (Lipinski definition) is 11. The van der Waals surface area contributed by atoms with E-state index in [0.29, 0.717) is 51.7 Å². The summed E-state index contributed by atoms with van der Waals surface area (Å²) in [7, 11) is 2.60. The summed E-state index contributed by atoms with van der Waals surface area (Å²) in [6.07, 6.45) is 3.63. The number of amides is 2. The van der Waals surface area contributed by atoms with Crippen molar-refractivity contribution >= 4 is 29.9 Å². The van der Waals surface area contributed by atoms with Gasteiger partial charge in [-0.05, 0) is 79.1 Å². The zero-order chi connectivity index (χ0) is 32.4. The summed E-state index contributed by atoms with van der Waals surface area (Å²) in [5.41, 5.74) is -1.25. The predicted molar refractivity (Wildman–Crippen MR) is 167 cm³/mol. The van der Waals surface area contributed by atoms with E-state index in [2.05, 4.69) is 10.6 Å². The molecule has 2 saturated carbocycles. The molecule has 2 atom stereocenters. The molecule has 1 spiro atoms. The molecule has 1 saturated heterocycles. The second-order valence-corrected chi connectivity index (χ2v) is 13.1. The van der Waals surface area contributed by atoms with E-state index in [9.17, 15) is 24.0 Å². The van der Waals surface area contributed by atoms with Gasteiger partial charge in [0, 0.05) is 25.7 Å². The fourth-order valence-corrected chi connectivity index (χ4v) is 5.36. The lowest BCUT2D eigenvalue weighted by molar-refractivity contribution is -0.185. The number of Topliss-reactive ketones (excluding diaryl/α,β-unsaturated/α-hetero) is 1. The summed E-state index contributed by atoms with van der Waals surface area (Å²) in [4.78, 5) is 58.9. The van der Waals surface area contributed by atoms with Crippen LogP contribution in [0.25, 0.3) is 0 Å². The molecule has 1 aliphatic heterocycles. The van der Waals surface area contributed by atoms with E-state index in [-0.39, 0.29) is 32.5 Å². The van der Waals surface area contributed by atoms with Gasteiger partial charge in [0.2, 0.25) is 0 Å². The van der Waals surface area contributed by atoms with Crippen molar-refractivity contribution in [3.8, 4) is 0 Å². The molecule has 2 aliphatic carbocycles. The predicted octanol–water partition coefficient (Wildman–Crippen LogP) is 5.07. The van der Waals surface area contributed by atoms with Gasteiger partial charge in [0.1, 0.15) is 29.1 Å². The Morgan fingerprint density at radius 3 is 1.40 bits per heavy atom. The summed E-state index contributed by atoms with van der Waals surface area (Å²) in [5, 5.41) is 5.22. The first kappa shape index (κ1) is 42.1. The minimum Gasteiger partial charge on any atom is -0.467 e. The highest BCUT2D eigenvalue weighted by Gasteiger charge is 2.44. The molecule has 3 aliphatic rings. The molecule has 3 fully saturated rings. The zero-order valence-electron chi connectivity index (χ0n) is 26.9. The van der Waals surface area contributed by atoms with E-state index in [0.717, 1.165) is 12.8 Å². The third-order valence-corrected chi connectivity index (χ3v) is 7.39. The molecule has 0 aromatic heterocycles. The van der Waals surface area contributed by atoms with Crippen LogP contribution in [0, 0.1) is 11.8 Å². The second-order valence-electron chi connectivity index (χ2n) is 13.1. The first-order valence-electron chi connectivity index (χ1n) is 14.9. The van der Waals surface area contributed by atoms with E-state index < -0.39 is 53.2 Å². The van der Waals surface area contributed by atoms with Crippen molar-refractivity contribution in [2.24, 2.45) is 11.8 Å². The smallest absolute Gasteiger partial charge is 0.408 e. The van der Waals surface area contributed by atoms with Crippen molar-refractivity contribution < 1.29 is 52.4 Å². The Morgan fingerprint density at radius 2 is 1.07 bits per heavy atom. The maximum absolute atomic E-state index is 12.1. The van der Waals surface area contributed by atoms with E-state index in [1.165, 1.54) is 14.2 Å². The average Bonchev–Trinajstić information content (AvgIpc) is 3.37. The van der Waals surface area contributed by atoms with Crippen LogP contribution in [0.2, 0.25) is 0 Å². The van der Waals surface area contributed by atoms with Gasteiger partial charge in [0.05, 0.1) is 27.4 Å². The molecule has 0 aromatic rings. The van der Waals surface area contributed by atoms with Gasteiger partial charge in [-0.3, -0.25) is 4.79 Å². The maximum atomic E-state index is 12.1. The molecule has 1 heterocycles. The minimum absolute atomic E-state index is 0. The molecule has 262 valence electrons. The summed E-state index contributed by atoms with van der Waals surface area (Å²) < 4.78 is 31.3. The standard InChI is InChI=1S/C16H27NO6.C14H23NO5.2CH4/c1-15(2,3)23-14(19)17-12(13(18)20-4)11-5-7-16(8-6-11)21-9-10-22-16;1-14(2,3)20-13(18)15-11(12(17)19-4)9-5-7-10(16)8-6-9;;/h11-12H,5-10H2,1-4H3,(H,17,19);9,11H,5-8H2,1-4H3,(H,15,18);2*1H4/t12-;11-;;/m00../s1. The Kier molecular flexibility index (Phi) is 17.1. The van der Waals surface area contributed by atoms with Gasteiger partial charge >= 0.3 is 24.1 Å². The Bertz CT molecular complexity index is 961. The van der Waals surface area contributed by atoms with Crippen molar-refractivity contribution in [3.05, 3.63) is 0 Å². The normalized spacial score (nSPS) is 19.7. The number of alkyl carbamates (subject to hydrolysis) is 2. The van der Waals surface area contributed by atoms with Gasteiger partial charge in [0.25, 0.3) is 0 Å². The largest absolute Gasteiger partial charge is 0.467 e. The Balaban J connectivity index is 0.000000832. The summed E-state index contributed by atoms with van der Waals surface area (Å²) in [6, 6.07) is -1.48. The van der Waals surface area contributed by atoms with Crippen LogP contribution in [0.15, 0.2) is 0 Å². The van der Waals surface area contributed by atoms with Crippen molar-refractivity contribution in [1.29, 1.82) is 0 Å². The molecular weight excluding hydrogens is 588 g/mol. The van der Waals surface area contributed by atoms with E-state index in [4.69, 9.17) is 28.4 Å².